The molecule has 0 atom stereocenters. The van der Waals surface area contributed by atoms with Gasteiger partial charge in [0, 0.05) is 38.5 Å². The van der Waals surface area contributed by atoms with Crippen molar-refractivity contribution in [3.8, 4) is 45.5 Å². The lowest BCUT2D eigenvalue weighted by Crippen LogP contribution is -2.04. The Morgan fingerprint density at radius 1 is 0.352 bits per heavy atom. The molecule has 0 radical (unpaired) electrons. The highest BCUT2D eigenvalue weighted by atomic mass is 15.2. The molecule has 0 aliphatic rings. The fourth-order valence-corrected chi connectivity index (χ4v) is 8.18. The number of aromatic nitrogens is 5. The number of para-hydroxylation sites is 1. The van der Waals surface area contributed by atoms with Crippen LogP contribution in [0.1, 0.15) is 0 Å². The second-order valence-corrected chi connectivity index (χ2v) is 13.6. The van der Waals surface area contributed by atoms with E-state index in [2.05, 4.69) is 185 Å². The zero-order chi connectivity index (χ0) is 35.6. The Morgan fingerprint density at radius 2 is 0.852 bits per heavy atom. The molecule has 11 rings (SSSR count). The van der Waals surface area contributed by atoms with Gasteiger partial charge in [0.05, 0.1) is 33.5 Å². The predicted molar refractivity (Wildman–Crippen MR) is 222 cm³/mol. The molecule has 0 saturated carbocycles. The molecule has 3 heterocycles. The summed E-state index contributed by atoms with van der Waals surface area (Å²) in [4.78, 5) is 16.2. The number of rotatable bonds is 5. The van der Waals surface area contributed by atoms with Gasteiger partial charge in [0.25, 0.3) is 0 Å². The van der Waals surface area contributed by atoms with E-state index in [-0.39, 0.29) is 0 Å². The maximum atomic E-state index is 5.40. The zero-order valence-corrected chi connectivity index (χ0v) is 29.1. The number of hydrogen-bond acceptors (Lipinski definition) is 3. The van der Waals surface area contributed by atoms with E-state index in [0.717, 1.165) is 77.8 Å². The minimum absolute atomic E-state index is 0.615. The van der Waals surface area contributed by atoms with E-state index in [4.69, 9.17) is 15.0 Å². The van der Waals surface area contributed by atoms with Crippen LogP contribution in [0, 0.1) is 0 Å². The average Bonchev–Trinajstić information content (AvgIpc) is 3.82. The van der Waals surface area contributed by atoms with Gasteiger partial charge in [0.1, 0.15) is 5.82 Å². The van der Waals surface area contributed by atoms with Crippen LogP contribution in [-0.4, -0.2) is 24.1 Å². The van der Waals surface area contributed by atoms with Crippen molar-refractivity contribution in [3.05, 3.63) is 188 Å². The molecule has 11 aromatic rings. The molecule has 0 amide bonds. The summed E-state index contributed by atoms with van der Waals surface area (Å²) in [5.74, 6) is 1.51. The normalized spacial score (nSPS) is 11.7. The Bertz CT molecular complexity index is 3130. The summed E-state index contributed by atoms with van der Waals surface area (Å²) in [5, 5.41) is 6.96. The van der Waals surface area contributed by atoms with E-state index < -0.39 is 0 Å². The highest BCUT2D eigenvalue weighted by molar-refractivity contribution is 6.35. The Balaban J connectivity index is 1.38. The third kappa shape index (κ3) is 4.62. The first-order valence-corrected chi connectivity index (χ1v) is 18.2. The largest absolute Gasteiger partial charge is 0.292 e. The third-order valence-electron chi connectivity index (χ3n) is 10.5. The van der Waals surface area contributed by atoms with Crippen LogP contribution < -0.4 is 0 Å². The molecule has 252 valence electrons. The summed E-state index contributed by atoms with van der Waals surface area (Å²) in [6.07, 6.45) is 0. The van der Waals surface area contributed by atoms with Gasteiger partial charge in [0.15, 0.2) is 0 Å². The Labute approximate surface area is 311 Å². The van der Waals surface area contributed by atoms with Crippen LogP contribution in [0.3, 0.4) is 0 Å². The van der Waals surface area contributed by atoms with E-state index in [1.54, 1.807) is 0 Å². The van der Waals surface area contributed by atoms with Crippen LogP contribution >= 0.6 is 0 Å². The molecule has 3 aromatic heterocycles. The fraction of sp³-hybridized carbons (Fsp3) is 0. The summed E-state index contributed by atoms with van der Waals surface area (Å²) < 4.78 is 4.62. The first kappa shape index (κ1) is 30.3. The fourth-order valence-electron chi connectivity index (χ4n) is 8.18. The molecule has 54 heavy (non-hydrogen) atoms. The van der Waals surface area contributed by atoms with E-state index in [0.29, 0.717) is 5.95 Å². The van der Waals surface area contributed by atoms with Gasteiger partial charge in [-0.05, 0) is 46.5 Å². The molecule has 5 nitrogen and oxygen atoms in total. The zero-order valence-electron chi connectivity index (χ0n) is 29.1. The molecular weight excluding hydrogens is 659 g/mol. The maximum absolute atomic E-state index is 5.40. The highest BCUT2D eigenvalue weighted by Gasteiger charge is 2.26. The molecule has 0 aliphatic carbocycles. The lowest BCUT2D eigenvalue weighted by atomic mass is 9.96. The van der Waals surface area contributed by atoms with Gasteiger partial charge in [-0.25, -0.2) is 15.0 Å². The van der Waals surface area contributed by atoms with Gasteiger partial charge in [-0.1, -0.05) is 158 Å². The quantitative estimate of drug-likeness (QED) is 0.169. The summed E-state index contributed by atoms with van der Waals surface area (Å²) in [6, 6.07) is 65.8. The van der Waals surface area contributed by atoms with Gasteiger partial charge < -0.3 is 0 Å². The van der Waals surface area contributed by atoms with E-state index in [1.165, 1.54) is 16.2 Å². The van der Waals surface area contributed by atoms with Gasteiger partial charge in [0.2, 0.25) is 5.95 Å². The van der Waals surface area contributed by atoms with Gasteiger partial charge in [-0.3, -0.25) is 9.13 Å². The van der Waals surface area contributed by atoms with Crippen molar-refractivity contribution in [1.29, 1.82) is 0 Å². The molecule has 8 aromatic carbocycles. The summed E-state index contributed by atoms with van der Waals surface area (Å²) in [7, 11) is 0. The Hall–Kier alpha value is -7.37. The van der Waals surface area contributed by atoms with Crippen LogP contribution in [0.4, 0.5) is 0 Å². The topological polar surface area (TPSA) is 48.5 Å². The monoisotopic (exact) mass is 689 g/mol. The Kier molecular flexibility index (Phi) is 6.79. The highest BCUT2D eigenvalue weighted by Crippen LogP contribution is 2.46. The molecule has 0 saturated heterocycles. The molecule has 0 unspecified atom stereocenters. The lowest BCUT2D eigenvalue weighted by molar-refractivity contribution is 0.998. The van der Waals surface area contributed by atoms with E-state index >= 15 is 0 Å². The summed E-state index contributed by atoms with van der Waals surface area (Å²) >= 11 is 0. The van der Waals surface area contributed by atoms with Crippen LogP contribution in [0.5, 0.6) is 0 Å². The number of benzene rings is 8. The van der Waals surface area contributed by atoms with Crippen molar-refractivity contribution < 1.29 is 0 Å². The number of fused-ring (bicyclic) bond motifs is 10. The minimum Gasteiger partial charge on any atom is -0.292 e. The standard InChI is InChI=1S/C49H31N5/c1-5-17-32(18-6-1)41-31-42(33-19-7-2-8-20-33)52-49(51-41)54-43-30-29-40-47(53(35-23-11-4-12-24-35)48(50-40)34-21-9-3-10-22-34)45(43)44-38-27-15-13-25-36(38)37-26-14-16-28-39(37)46(44)54/h1-31H. The molecule has 0 spiro atoms. The van der Waals surface area contributed by atoms with Gasteiger partial charge in [-0.15, -0.1) is 0 Å². The number of nitrogens with zero attached hydrogens (tertiary/aromatic N) is 5. The van der Waals surface area contributed by atoms with Crippen LogP contribution in [-0.2, 0) is 0 Å². The predicted octanol–water partition coefficient (Wildman–Crippen LogP) is 12.2. The molecule has 0 bridgehead atoms. The molecular formula is C49H31N5. The van der Waals surface area contributed by atoms with Crippen molar-refractivity contribution >= 4 is 54.4 Å². The van der Waals surface area contributed by atoms with E-state index in [1.807, 2.05) is 12.1 Å². The number of imidazole rings is 1. The Morgan fingerprint density at radius 3 is 1.46 bits per heavy atom. The average molecular weight is 690 g/mol. The third-order valence-corrected chi connectivity index (χ3v) is 10.5. The first-order chi connectivity index (χ1) is 26.8. The molecule has 0 fully saturated rings. The minimum atomic E-state index is 0.615. The van der Waals surface area contributed by atoms with E-state index in [9.17, 15) is 0 Å². The number of hydrogen-bond donors (Lipinski definition) is 0. The van der Waals surface area contributed by atoms with Crippen LogP contribution in [0.25, 0.3) is 99.9 Å². The SMILES string of the molecule is c1ccc(-c2cc(-c3ccccc3)nc(-n3c4ccc5nc(-c6ccccc6)n(-c6ccccc6)c5c4c4c5ccccc5c5ccccc5c43)n2)cc1. The molecule has 5 heteroatoms. The van der Waals surface area contributed by atoms with Crippen LogP contribution in [0.15, 0.2) is 188 Å². The lowest BCUT2D eigenvalue weighted by Gasteiger charge is -2.13. The van der Waals surface area contributed by atoms with Crippen molar-refractivity contribution in [2.24, 2.45) is 0 Å². The first-order valence-electron chi connectivity index (χ1n) is 18.2. The van der Waals surface area contributed by atoms with Crippen molar-refractivity contribution in [2.45, 2.75) is 0 Å². The van der Waals surface area contributed by atoms with Crippen molar-refractivity contribution in [3.63, 3.8) is 0 Å². The van der Waals surface area contributed by atoms with Gasteiger partial charge >= 0.3 is 0 Å². The molecule has 0 aliphatic heterocycles. The second kappa shape index (κ2) is 12.1. The van der Waals surface area contributed by atoms with Crippen molar-refractivity contribution in [2.75, 3.05) is 0 Å². The molecule has 0 N–H and O–H groups in total. The second-order valence-electron chi connectivity index (χ2n) is 13.6. The summed E-state index contributed by atoms with van der Waals surface area (Å²) in [5.41, 5.74) is 9.94. The van der Waals surface area contributed by atoms with Crippen LogP contribution in [0.2, 0.25) is 0 Å². The van der Waals surface area contributed by atoms with Gasteiger partial charge in [-0.2, -0.15) is 0 Å². The smallest absolute Gasteiger partial charge is 0.235 e. The van der Waals surface area contributed by atoms with Crippen molar-refractivity contribution in [1.82, 2.24) is 24.1 Å². The summed E-state index contributed by atoms with van der Waals surface area (Å²) in [6.45, 7) is 0. The maximum Gasteiger partial charge on any atom is 0.235 e.